The molecule has 1 saturated heterocycles. The van der Waals surface area contributed by atoms with Gasteiger partial charge in [0.2, 0.25) is 5.88 Å². The predicted molar refractivity (Wildman–Crippen MR) is 135 cm³/mol. The Balaban J connectivity index is 1.61. The molecule has 0 aliphatic carbocycles. The van der Waals surface area contributed by atoms with Gasteiger partial charge in [-0.05, 0) is 30.7 Å². The summed E-state index contributed by atoms with van der Waals surface area (Å²) >= 11 is 12.7. The average molecular weight is 517 g/mol. The molecule has 1 aliphatic rings. The van der Waals surface area contributed by atoms with Gasteiger partial charge in [-0.1, -0.05) is 47.5 Å². The third-order valence-electron chi connectivity index (χ3n) is 5.96. The second kappa shape index (κ2) is 10.6. The molecule has 0 unspecified atom stereocenters. The first-order valence-electron chi connectivity index (χ1n) is 11.1. The largest absolute Gasteiger partial charge is 0.497 e. The Labute approximate surface area is 213 Å². The van der Waals surface area contributed by atoms with E-state index in [-0.39, 0.29) is 6.61 Å². The normalized spacial score (nSPS) is 14.9. The van der Waals surface area contributed by atoms with Gasteiger partial charge in [0.05, 0.1) is 23.4 Å². The lowest BCUT2D eigenvalue weighted by molar-refractivity contribution is 0.0126. The van der Waals surface area contributed by atoms with E-state index in [1.54, 1.807) is 25.4 Å². The van der Waals surface area contributed by atoms with Gasteiger partial charge in [0, 0.05) is 31.5 Å². The molecular weight excluding hydrogens is 491 g/mol. The number of benzene rings is 2. The molecule has 2 heterocycles. The van der Waals surface area contributed by atoms with Crippen molar-refractivity contribution in [2.24, 2.45) is 5.73 Å². The number of rotatable bonds is 7. The maximum Gasteiger partial charge on any atom is 0.405 e. The van der Waals surface area contributed by atoms with E-state index >= 15 is 0 Å². The molecule has 0 spiro atoms. The molecule has 1 amide bonds. The summed E-state index contributed by atoms with van der Waals surface area (Å²) in [5.41, 5.74) is 6.69. The maximum absolute atomic E-state index is 11.2. The molecule has 2 aromatic carbocycles. The van der Waals surface area contributed by atoms with Crippen molar-refractivity contribution in [3.8, 4) is 22.9 Å². The molecular formula is C25H26Cl2N4O4. The van der Waals surface area contributed by atoms with E-state index in [0.29, 0.717) is 58.9 Å². The highest BCUT2D eigenvalue weighted by Gasteiger charge is 2.34. The summed E-state index contributed by atoms with van der Waals surface area (Å²) in [6.07, 6.45) is 2.14. The molecule has 35 heavy (non-hydrogen) atoms. The third kappa shape index (κ3) is 5.89. The summed E-state index contributed by atoms with van der Waals surface area (Å²) in [6.45, 7) is 3.40. The molecule has 1 fully saturated rings. The topological polar surface area (TPSA) is 99.8 Å². The van der Waals surface area contributed by atoms with Crippen molar-refractivity contribution < 1.29 is 19.0 Å². The van der Waals surface area contributed by atoms with Gasteiger partial charge in [-0.25, -0.2) is 9.78 Å². The standard InChI is InChI=1S/C25H26Cl2N4O4/c1-25(35-24(28)32)10-12-31(13-11-25)20-14-29-22(18-4-3-5-19(26)21(18)27)23(30-20)34-15-16-6-8-17(33-2)9-7-16/h3-9,14H,10-13,15H2,1-2H3,(H2,28,32). The smallest absolute Gasteiger partial charge is 0.405 e. The second-order valence-corrected chi connectivity index (χ2v) is 9.26. The van der Waals surface area contributed by atoms with Crippen molar-refractivity contribution in [1.29, 1.82) is 0 Å². The molecule has 1 aromatic heterocycles. The number of aromatic nitrogens is 2. The first kappa shape index (κ1) is 24.9. The number of ether oxygens (including phenoxy) is 3. The third-order valence-corrected chi connectivity index (χ3v) is 6.78. The molecule has 0 atom stereocenters. The number of carbonyl (C=O) groups is 1. The molecule has 3 aromatic rings. The second-order valence-electron chi connectivity index (χ2n) is 8.48. The lowest BCUT2D eigenvalue weighted by atomic mass is 9.93. The number of nitrogens with two attached hydrogens (primary N) is 1. The Hall–Kier alpha value is -3.23. The summed E-state index contributed by atoms with van der Waals surface area (Å²) in [5, 5.41) is 0.795. The van der Waals surface area contributed by atoms with Gasteiger partial charge in [0.1, 0.15) is 23.7 Å². The van der Waals surface area contributed by atoms with Crippen molar-refractivity contribution in [2.45, 2.75) is 32.0 Å². The minimum Gasteiger partial charge on any atom is -0.497 e. The van der Waals surface area contributed by atoms with Crippen LogP contribution in [0.1, 0.15) is 25.3 Å². The molecule has 10 heteroatoms. The van der Waals surface area contributed by atoms with E-state index in [9.17, 15) is 4.79 Å². The van der Waals surface area contributed by atoms with Crippen LogP contribution in [0, 0.1) is 0 Å². The zero-order valence-electron chi connectivity index (χ0n) is 19.5. The predicted octanol–water partition coefficient (Wildman–Crippen LogP) is 5.49. The first-order valence-corrected chi connectivity index (χ1v) is 11.8. The van der Waals surface area contributed by atoms with Gasteiger partial charge in [0.25, 0.3) is 0 Å². The summed E-state index contributed by atoms with van der Waals surface area (Å²) in [7, 11) is 1.62. The number of anilines is 1. The zero-order valence-corrected chi connectivity index (χ0v) is 21.0. The lowest BCUT2D eigenvalue weighted by Crippen LogP contribution is -2.46. The van der Waals surface area contributed by atoms with Crippen LogP contribution < -0.4 is 20.1 Å². The van der Waals surface area contributed by atoms with E-state index in [1.165, 1.54) is 0 Å². The number of hydrogen-bond acceptors (Lipinski definition) is 7. The minimum atomic E-state index is -0.766. The summed E-state index contributed by atoms with van der Waals surface area (Å²) in [4.78, 5) is 22.7. The Morgan fingerprint density at radius 1 is 1.14 bits per heavy atom. The number of piperidine rings is 1. The lowest BCUT2D eigenvalue weighted by Gasteiger charge is -2.38. The SMILES string of the molecule is COc1ccc(COc2nc(N3CCC(C)(OC(N)=O)CC3)cnc2-c2cccc(Cl)c2Cl)cc1. The van der Waals surface area contributed by atoms with Crippen molar-refractivity contribution in [2.75, 3.05) is 25.1 Å². The number of halogens is 2. The van der Waals surface area contributed by atoms with E-state index in [1.807, 2.05) is 37.3 Å². The molecule has 0 saturated carbocycles. The highest BCUT2D eigenvalue weighted by atomic mass is 35.5. The number of methoxy groups -OCH3 is 1. The fourth-order valence-corrected chi connectivity index (χ4v) is 4.31. The van der Waals surface area contributed by atoms with Crippen molar-refractivity contribution in [1.82, 2.24) is 9.97 Å². The van der Waals surface area contributed by atoms with Crippen LogP contribution in [0.15, 0.2) is 48.7 Å². The van der Waals surface area contributed by atoms with Gasteiger partial charge in [-0.2, -0.15) is 4.98 Å². The number of amides is 1. The van der Waals surface area contributed by atoms with Crippen LogP contribution in [0.3, 0.4) is 0 Å². The molecule has 8 nitrogen and oxygen atoms in total. The molecule has 0 radical (unpaired) electrons. The van der Waals surface area contributed by atoms with Gasteiger partial charge in [-0.3, -0.25) is 0 Å². The Morgan fingerprint density at radius 3 is 2.51 bits per heavy atom. The molecule has 0 bridgehead atoms. The van der Waals surface area contributed by atoms with Crippen LogP contribution in [0.4, 0.5) is 10.6 Å². The Morgan fingerprint density at radius 2 is 1.86 bits per heavy atom. The van der Waals surface area contributed by atoms with Crippen LogP contribution in [0.5, 0.6) is 11.6 Å². The van der Waals surface area contributed by atoms with Gasteiger partial charge in [-0.15, -0.1) is 0 Å². The van der Waals surface area contributed by atoms with Gasteiger partial charge in [0.15, 0.2) is 5.82 Å². The summed E-state index contributed by atoms with van der Waals surface area (Å²) in [5.74, 6) is 1.75. The van der Waals surface area contributed by atoms with E-state index in [0.717, 1.165) is 11.3 Å². The molecule has 184 valence electrons. The maximum atomic E-state index is 11.2. The highest BCUT2D eigenvalue weighted by molar-refractivity contribution is 6.43. The van der Waals surface area contributed by atoms with Crippen LogP contribution in [-0.2, 0) is 11.3 Å². The van der Waals surface area contributed by atoms with Crippen molar-refractivity contribution in [3.63, 3.8) is 0 Å². The number of primary amides is 1. The van der Waals surface area contributed by atoms with Crippen LogP contribution >= 0.6 is 23.2 Å². The quantitative estimate of drug-likeness (QED) is 0.442. The fourth-order valence-electron chi connectivity index (χ4n) is 3.91. The Bertz CT molecular complexity index is 1200. The van der Waals surface area contributed by atoms with E-state index < -0.39 is 11.7 Å². The zero-order chi connectivity index (χ0) is 25.0. The van der Waals surface area contributed by atoms with Crippen molar-refractivity contribution in [3.05, 3.63) is 64.3 Å². The molecule has 1 aliphatic heterocycles. The van der Waals surface area contributed by atoms with Crippen LogP contribution in [0.25, 0.3) is 11.3 Å². The van der Waals surface area contributed by atoms with Gasteiger partial charge >= 0.3 is 6.09 Å². The summed E-state index contributed by atoms with van der Waals surface area (Å²) < 4.78 is 16.7. The van der Waals surface area contributed by atoms with Crippen molar-refractivity contribution >= 4 is 35.1 Å². The van der Waals surface area contributed by atoms with Gasteiger partial charge < -0.3 is 24.8 Å². The van der Waals surface area contributed by atoms with Crippen LogP contribution in [0.2, 0.25) is 10.0 Å². The average Bonchev–Trinajstić information content (AvgIpc) is 2.84. The highest BCUT2D eigenvalue weighted by Crippen LogP contribution is 2.38. The first-order chi connectivity index (χ1) is 16.8. The number of hydrogen-bond donors (Lipinski definition) is 1. The minimum absolute atomic E-state index is 0.276. The Kier molecular flexibility index (Phi) is 7.52. The van der Waals surface area contributed by atoms with E-state index in [4.69, 9.17) is 48.1 Å². The van der Waals surface area contributed by atoms with E-state index in [2.05, 4.69) is 9.88 Å². The molecule has 4 rings (SSSR count). The number of nitrogens with zero attached hydrogens (tertiary/aromatic N) is 3. The monoisotopic (exact) mass is 516 g/mol. The fraction of sp³-hybridized carbons (Fsp3) is 0.320. The summed E-state index contributed by atoms with van der Waals surface area (Å²) in [6, 6.07) is 12.9. The van der Waals surface area contributed by atoms with Crippen LogP contribution in [-0.4, -0.2) is 41.9 Å². The number of carbonyl (C=O) groups excluding carboxylic acids is 1. The molecule has 2 N–H and O–H groups in total.